The van der Waals surface area contributed by atoms with Crippen LogP contribution in [0.15, 0.2) is 18.2 Å². The molecule has 1 aromatic carbocycles. The molecule has 5 heteroatoms. The van der Waals surface area contributed by atoms with Gasteiger partial charge in [-0.15, -0.1) is 0 Å². The highest BCUT2D eigenvalue weighted by Gasteiger charge is 2.41. The molecule has 1 saturated heterocycles. The van der Waals surface area contributed by atoms with Gasteiger partial charge in [0.2, 0.25) is 0 Å². The van der Waals surface area contributed by atoms with Gasteiger partial charge in [0.05, 0.1) is 5.41 Å². The van der Waals surface area contributed by atoms with Crippen molar-refractivity contribution in [3.05, 3.63) is 35.4 Å². The highest BCUT2D eigenvalue weighted by molar-refractivity contribution is 5.75. The maximum absolute atomic E-state index is 13.4. The van der Waals surface area contributed by atoms with Gasteiger partial charge >= 0.3 is 5.97 Å². The minimum absolute atomic E-state index is 0.134. The van der Waals surface area contributed by atoms with Gasteiger partial charge in [0, 0.05) is 12.6 Å². The number of aliphatic carboxylic acids is 1. The predicted molar refractivity (Wildman–Crippen MR) is 75.9 cm³/mol. The summed E-state index contributed by atoms with van der Waals surface area (Å²) in [4.78, 5) is 13.6. The third-order valence-corrected chi connectivity index (χ3v) is 4.71. The number of benzene rings is 1. The van der Waals surface area contributed by atoms with Gasteiger partial charge in [0.15, 0.2) is 11.6 Å². The second kappa shape index (κ2) is 6.10. The van der Waals surface area contributed by atoms with Crippen LogP contribution in [0, 0.1) is 17.0 Å². The van der Waals surface area contributed by atoms with E-state index in [1.165, 1.54) is 6.07 Å². The number of carbonyl (C=O) groups is 1. The van der Waals surface area contributed by atoms with Crippen LogP contribution in [-0.2, 0) is 4.79 Å². The van der Waals surface area contributed by atoms with Crippen molar-refractivity contribution in [2.24, 2.45) is 5.41 Å². The Balaban J connectivity index is 2.20. The van der Waals surface area contributed by atoms with Crippen LogP contribution in [0.1, 0.15) is 44.7 Å². The molecular formula is C16H21F2NO2. The first-order valence-electron chi connectivity index (χ1n) is 7.32. The van der Waals surface area contributed by atoms with Gasteiger partial charge in [0.25, 0.3) is 0 Å². The van der Waals surface area contributed by atoms with Crippen LogP contribution in [0.2, 0.25) is 0 Å². The minimum Gasteiger partial charge on any atom is -0.481 e. The molecule has 0 bridgehead atoms. The molecule has 1 N–H and O–H groups in total. The summed E-state index contributed by atoms with van der Waals surface area (Å²) < 4.78 is 26.4. The average molecular weight is 297 g/mol. The lowest BCUT2D eigenvalue weighted by Crippen LogP contribution is -2.48. The van der Waals surface area contributed by atoms with Crippen molar-refractivity contribution in [3.8, 4) is 0 Å². The highest BCUT2D eigenvalue weighted by Crippen LogP contribution is 2.37. The third kappa shape index (κ3) is 3.07. The fourth-order valence-corrected chi connectivity index (χ4v) is 3.10. The summed E-state index contributed by atoms with van der Waals surface area (Å²) in [7, 11) is 0. The van der Waals surface area contributed by atoms with Crippen LogP contribution >= 0.6 is 0 Å². The number of carboxylic acid groups (broad SMARTS) is 1. The fourth-order valence-electron chi connectivity index (χ4n) is 3.10. The molecule has 1 aliphatic rings. The summed E-state index contributed by atoms with van der Waals surface area (Å²) in [5.41, 5.74) is -0.0587. The number of carboxylic acids is 1. The molecule has 21 heavy (non-hydrogen) atoms. The van der Waals surface area contributed by atoms with Crippen LogP contribution in [0.5, 0.6) is 0 Å². The molecule has 0 amide bonds. The molecule has 0 aromatic heterocycles. The lowest BCUT2D eigenvalue weighted by molar-refractivity contribution is -0.153. The molecule has 2 rings (SSSR count). The van der Waals surface area contributed by atoms with E-state index in [2.05, 4.69) is 0 Å². The van der Waals surface area contributed by atoms with Gasteiger partial charge in [-0.3, -0.25) is 9.69 Å². The van der Waals surface area contributed by atoms with Crippen molar-refractivity contribution in [1.82, 2.24) is 4.90 Å². The molecule has 0 radical (unpaired) electrons. The summed E-state index contributed by atoms with van der Waals surface area (Å²) in [5, 5.41) is 9.50. The zero-order valence-corrected chi connectivity index (χ0v) is 12.4. The van der Waals surface area contributed by atoms with E-state index in [-0.39, 0.29) is 6.04 Å². The summed E-state index contributed by atoms with van der Waals surface area (Å²) in [6.45, 7) is 5.01. The monoisotopic (exact) mass is 297 g/mol. The minimum atomic E-state index is -0.864. The van der Waals surface area contributed by atoms with Crippen molar-refractivity contribution < 1.29 is 18.7 Å². The molecule has 1 aromatic rings. The Morgan fingerprint density at radius 1 is 1.43 bits per heavy atom. The van der Waals surface area contributed by atoms with Crippen LogP contribution in [0.4, 0.5) is 8.78 Å². The molecule has 1 aliphatic heterocycles. The highest BCUT2D eigenvalue weighted by atomic mass is 19.2. The molecule has 3 nitrogen and oxygen atoms in total. The Labute approximate surface area is 123 Å². The molecule has 1 fully saturated rings. The van der Waals surface area contributed by atoms with Gasteiger partial charge < -0.3 is 5.11 Å². The Morgan fingerprint density at radius 3 is 2.71 bits per heavy atom. The van der Waals surface area contributed by atoms with Crippen molar-refractivity contribution in [3.63, 3.8) is 0 Å². The molecule has 1 heterocycles. The topological polar surface area (TPSA) is 40.5 Å². The second-order valence-electron chi connectivity index (χ2n) is 5.86. The number of hydrogen-bond acceptors (Lipinski definition) is 2. The molecule has 116 valence electrons. The number of likely N-dealkylation sites (tertiary alicyclic amines) is 1. The van der Waals surface area contributed by atoms with E-state index in [0.29, 0.717) is 24.9 Å². The van der Waals surface area contributed by atoms with E-state index in [1.807, 2.05) is 18.7 Å². The standard InChI is InChI=1S/C16H21F2NO2/c1-3-16(15(20)21)7-4-8-19(10-16)11(2)12-5-6-13(17)14(18)9-12/h5-6,9,11H,3-4,7-8,10H2,1-2H3,(H,20,21). The molecular weight excluding hydrogens is 276 g/mol. The summed E-state index contributed by atoms with van der Waals surface area (Å²) >= 11 is 0. The zero-order chi connectivity index (χ0) is 15.6. The van der Waals surface area contributed by atoms with Gasteiger partial charge in [-0.1, -0.05) is 13.0 Å². The Morgan fingerprint density at radius 2 is 2.14 bits per heavy atom. The number of nitrogens with zero attached hydrogens (tertiary/aromatic N) is 1. The summed E-state index contributed by atoms with van der Waals surface area (Å²) in [6.07, 6.45) is 2.04. The maximum atomic E-state index is 13.4. The van der Waals surface area contributed by atoms with Crippen LogP contribution in [0.25, 0.3) is 0 Å². The zero-order valence-electron chi connectivity index (χ0n) is 12.4. The third-order valence-electron chi connectivity index (χ3n) is 4.71. The van der Waals surface area contributed by atoms with Gasteiger partial charge in [-0.2, -0.15) is 0 Å². The van der Waals surface area contributed by atoms with Crippen LogP contribution < -0.4 is 0 Å². The van der Waals surface area contributed by atoms with E-state index in [0.717, 1.165) is 19.0 Å². The van der Waals surface area contributed by atoms with E-state index < -0.39 is 23.0 Å². The Bertz CT molecular complexity index is 535. The van der Waals surface area contributed by atoms with Crippen molar-refractivity contribution in [2.75, 3.05) is 13.1 Å². The van der Waals surface area contributed by atoms with Crippen LogP contribution in [-0.4, -0.2) is 29.1 Å². The molecule has 0 saturated carbocycles. The predicted octanol–water partition coefficient (Wildman–Crippen LogP) is 3.60. The van der Waals surface area contributed by atoms with E-state index in [4.69, 9.17) is 0 Å². The number of halogens is 2. The lowest BCUT2D eigenvalue weighted by atomic mass is 9.77. The Hall–Kier alpha value is -1.49. The molecule has 2 unspecified atom stereocenters. The number of hydrogen-bond donors (Lipinski definition) is 1. The largest absolute Gasteiger partial charge is 0.481 e. The van der Waals surface area contributed by atoms with Gasteiger partial charge in [-0.25, -0.2) is 8.78 Å². The fraction of sp³-hybridized carbons (Fsp3) is 0.562. The maximum Gasteiger partial charge on any atom is 0.310 e. The van der Waals surface area contributed by atoms with Crippen molar-refractivity contribution in [2.45, 2.75) is 39.2 Å². The first kappa shape index (κ1) is 15.9. The first-order valence-corrected chi connectivity index (χ1v) is 7.32. The first-order chi connectivity index (χ1) is 9.89. The smallest absolute Gasteiger partial charge is 0.310 e. The second-order valence-corrected chi connectivity index (χ2v) is 5.86. The van der Waals surface area contributed by atoms with Crippen LogP contribution in [0.3, 0.4) is 0 Å². The Kier molecular flexibility index (Phi) is 4.61. The van der Waals surface area contributed by atoms with Gasteiger partial charge in [-0.05, 0) is 50.4 Å². The molecule has 0 spiro atoms. The van der Waals surface area contributed by atoms with E-state index in [9.17, 15) is 18.7 Å². The molecule has 0 aliphatic carbocycles. The summed E-state index contributed by atoms with van der Waals surface area (Å²) in [6, 6.07) is 3.75. The van der Waals surface area contributed by atoms with E-state index in [1.54, 1.807) is 6.07 Å². The van der Waals surface area contributed by atoms with E-state index >= 15 is 0 Å². The van der Waals surface area contributed by atoms with Gasteiger partial charge in [0.1, 0.15) is 0 Å². The normalized spacial score (nSPS) is 24.8. The van der Waals surface area contributed by atoms with Crippen molar-refractivity contribution >= 4 is 5.97 Å². The average Bonchev–Trinajstić information content (AvgIpc) is 2.49. The quantitative estimate of drug-likeness (QED) is 0.923. The van der Waals surface area contributed by atoms with Crippen molar-refractivity contribution in [1.29, 1.82) is 0 Å². The number of rotatable bonds is 4. The molecule has 2 atom stereocenters. The lowest BCUT2D eigenvalue weighted by Gasteiger charge is -2.42. The number of piperidine rings is 1. The SMILES string of the molecule is CCC1(C(=O)O)CCCN(C(C)c2ccc(F)c(F)c2)C1. The summed E-state index contributed by atoms with van der Waals surface area (Å²) in [5.74, 6) is -2.50.